The Balaban J connectivity index is 3.06. The summed E-state index contributed by atoms with van der Waals surface area (Å²) < 4.78 is 39.9. The molecule has 84 valence electrons. The highest BCUT2D eigenvalue weighted by molar-refractivity contribution is 5.40. The van der Waals surface area contributed by atoms with Crippen LogP contribution in [0.15, 0.2) is 18.2 Å². The zero-order valence-corrected chi connectivity index (χ0v) is 8.14. The van der Waals surface area contributed by atoms with Crippen molar-refractivity contribution in [3.8, 4) is 5.75 Å². The Morgan fingerprint density at radius 3 is 2.47 bits per heavy atom. The fourth-order valence-electron chi connectivity index (χ4n) is 1.38. The summed E-state index contributed by atoms with van der Waals surface area (Å²) in [7, 11) is 0. The van der Waals surface area contributed by atoms with Crippen LogP contribution in [0.1, 0.15) is 18.1 Å². The Morgan fingerprint density at radius 2 is 2.00 bits per heavy atom. The highest BCUT2D eigenvalue weighted by Crippen LogP contribution is 2.28. The Bertz CT molecular complexity index is 334. The summed E-state index contributed by atoms with van der Waals surface area (Å²) in [6, 6.07) is 4.24. The molecule has 0 saturated carbocycles. The third kappa shape index (κ3) is 3.13. The van der Waals surface area contributed by atoms with Gasteiger partial charge in [-0.1, -0.05) is 19.1 Å². The van der Waals surface area contributed by atoms with E-state index in [1.165, 1.54) is 12.1 Å². The first-order valence-corrected chi connectivity index (χ1v) is 4.45. The van der Waals surface area contributed by atoms with Gasteiger partial charge in [-0.15, -0.1) is 13.2 Å². The number of benzene rings is 1. The van der Waals surface area contributed by atoms with E-state index in [1.54, 1.807) is 13.0 Å². The van der Waals surface area contributed by atoms with Crippen LogP contribution in [0.3, 0.4) is 0 Å². The van der Waals surface area contributed by atoms with Gasteiger partial charge in [0, 0.05) is 0 Å². The van der Waals surface area contributed by atoms with E-state index >= 15 is 0 Å². The molecule has 0 spiro atoms. The molecule has 1 rings (SSSR count). The van der Waals surface area contributed by atoms with Crippen LogP contribution in [0, 0.1) is 0 Å². The first kappa shape index (κ1) is 11.8. The summed E-state index contributed by atoms with van der Waals surface area (Å²) in [5, 5.41) is 8.94. The summed E-state index contributed by atoms with van der Waals surface area (Å²) in [5.41, 5.74) is 0.844. The molecule has 1 aromatic carbocycles. The second-order valence-electron chi connectivity index (χ2n) is 2.95. The highest BCUT2D eigenvalue weighted by atomic mass is 19.4. The van der Waals surface area contributed by atoms with Gasteiger partial charge in [-0.25, -0.2) is 0 Å². The molecule has 15 heavy (non-hydrogen) atoms. The lowest BCUT2D eigenvalue weighted by molar-refractivity contribution is -0.274. The predicted molar refractivity (Wildman–Crippen MR) is 48.4 cm³/mol. The van der Waals surface area contributed by atoms with Gasteiger partial charge in [-0.05, 0) is 23.6 Å². The van der Waals surface area contributed by atoms with Crippen molar-refractivity contribution in [3.63, 3.8) is 0 Å². The lowest BCUT2D eigenvalue weighted by Gasteiger charge is -2.14. The topological polar surface area (TPSA) is 29.5 Å². The van der Waals surface area contributed by atoms with E-state index in [2.05, 4.69) is 4.74 Å². The Labute approximate surface area is 85.3 Å². The fraction of sp³-hybridized carbons (Fsp3) is 0.400. The van der Waals surface area contributed by atoms with Crippen LogP contribution in [0.4, 0.5) is 13.2 Å². The number of rotatable bonds is 3. The SMILES string of the molecule is CCc1c(CO)cccc1OC(F)(F)F. The monoisotopic (exact) mass is 220 g/mol. The third-order valence-electron chi connectivity index (χ3n) is 1.98. The molecule has 0 aliphatic carbocycles. The molecule has 0 amide bonds. The van der Waals surface area contributed by atoms with Crippen LogP contribution >= 0.6 is 0 Å². The zero-order valence-electron chi connectivity index (χ0n) is 8.14. The van der Waals surface area contributed by atoms with E-state index in [0.29, 0.717) is 17.5 Å². The number of aliphatic hydroxyl groups excluding tert-OH is 1. The van der Waals surface area contributed by atoms with Gasteiger partial charge in [0.2, 0.25) is 0 Å². The van der Waals surface area contributed by atoms with Gasteiger partial charge >= 0.3 is 6.36 Å². The van der Waals surface area contributed by atoms with Crippen molar-refractivity contribution in [3.05, 3.63) is 29.3 Å². The van der Waals surface area contributed by atoms with Crippen LogP contribution in [0.2, 0.25) is 0 Å². The van der Waals surface area contributed by atoms with Crippen molar-refractivity contribution in [1.29, 1.82) is 0 Å². The maximum Gasteiger partial charge on any atom is 0.573 e. The van der Waals surface area contributed by atoms with E-state index in [4.69, 9.17) is 5.11 Å². The molecule has 2 nitrogen and oxygen atoms in total. The average Bonchev–Trinajstić information content (AvgIpc) is 2.15. The maximum absolute atomic E-state index is 12.0. The van der Waals surface area contributed by atoms with Crippen LogP contribution in [-0.2, 0) is 13.0 Å². The molecule has 0 heterocycles. The molecule has 0 fully saturated rings. The van der Waals surface area contributed by atoms with Crippen LogP contribution in [0.5, 0.6) is 5.75 Å². The molecule has 1 aromatic rings. The summed E-state index contributed by atoms with van der Waals surface area (Å²) >= 11 is 0. The smallest absolute Gasteiger partial charge is 0.405 e. The summed E-state index contributed by atoms with van der Waals surface area (Å²) in [4.78, 5) is 0. The van der Waals surface area contributed by atoms with Gasteiger partial charge in [0.25, 0.3) is 0 Å². The molecule has 0 saturated heterocycles. The fourth-order valence-corrected chi connectivity index (χ4v) is 1.38. The van der Waals surface area contributed by atoms with Crippen LogP contribution < -0.4 is 4.74 Å². The van der Waals surface area contributed by atoms with Crippen molar-refractivity contribution in [1.82, 2.24) is 0 Å². The normalized spacial score (nSPS) is 11.5. The van der Waals surface area contributed by atoms with Crippen molar-refractivity contribution in [2.24, 2.45) is 0 Å². The number of halogens is 3. The largest absolute Gasteiger partial charge is 0.573 e. The molecule has 0 bridgehead atoms. The maximum atomic E-state index is 12.0. The first-order valence-electron chi connectivity index (χ1n) is 4.45. The van der Waals surface area contributed by atoms with Gasteiger partial charge in [0.05, 0.1) is 6.61 Å². The van der Waals surface area contributed by atoms with E-state index in [0.717, 1.165) is 0 Å². The zero-order chi connectivity index (χ0) is 11.5. The van der Waals surface area contributed by atoms with Crippen molar-refractivity contribution in [2.45, 2.75) is 26.3 Å². The van der Waals surface area contributed by atoms with Crippen molar-refractivity contribution >= 4 is 0 Å². The Morgan fingerprint density at radius 1 is 1.33 bits per heavy atom. The quantitative estimate of drug-likeness (QED) is 0.848. The summed E-state index contributed by atoms with van der Waals surface area (Å²) in [6.07, 6.45) is -4.32. The lowest BCUT2D eigenvalue weighted by atomic mass is 10.0. The molecule has 0 unspecified atom stereocenters. The first-order chi connectivity index (χ1) is 6.98. The van der Waals surface area contributed by atoms with E-state index in [1.807, 2.05) is 0 Å². The number of aliphatic hydroxyl groups is 1. The van der Waals surface area contributed by atoms with Gasteiger partial charge in [-0.3, -0.25) is 0 Å². The summed E-state index contributed by atoms with van der Waals surface area (Å²) in [5.74, 6) is -0.239. The minimum Gasteiger partial charge on any atom is -0.405 e. The van der Waals surface area contributed by atoms with Crippen LogP contribution in [-0.4, -0.2) is 11.5 Å². The Hall–Kier alpha value is -1.23. The highest BCUT2D eigenvalue weighted by Gasteiger charge is 2.32. The summed E-state index contributed by atoms with van der Waals surface area (Å²) in [6.45, 7) is 1.41. The second kappa shape index (κ2) is 4.53. The molecule has 0 aromatic heterocycles. The molecule has 0 aliphatic heterocycles. The van der Waals surface area contributed by atoms with Crippen LogP contribution in [0.25, 0.3) is 0 Å². The van der Waals surface area contributed by atoms with Gasteiger partial charge in [-0.2, -0.15) is 0 Å². The van der Waals surface area contributed by atoms with E-state index in [-0.39, 0.29) is 12.4 Å². The third-order valence-corrected chi connectivity index (χ3v) is 1.98. The van der Waals surface area contributed by atoms with Gasteiger partial charge in [0.1, 0.15) is 5.75 Å². The molecular weight excluding hydrogens is 209 g/mol. The molecule has 0 aliphatic rings. The minimum atomic E-state index is -4.70. The molecular formula is C10H11F3O2. The van der Waals surface area contributed by atoms with Crippen molar-refractivity contribution in [2.75, 3.05) is 0 Å². The number of ether oxygens (including phenoxy) is 1. The second-order valence-corrected chi connectivity index (χ2v) is 2.95. The standard InChI is InChI=1S/C10H11F3O2/c1-2-8-7(6-14)4-3-5-9(8)15-10(11,12)13/h3-5,14H,2,6H2,1H3. The molecule has 5 heteroatoms. The van der Waals surface area contributed by atoms with E-state index in [9.17, 15) is 13.2 Å². The van der Waals surface area contributed by atoms with Crippen molar-refractivity contribution < 1.29 is 23.0 Å². The van der Waals surface area contributed by atoms with Gasteiger partial charge in [0.15, 0.2) is 0 Å². The number of alkyl halides is 3. The molecule has 1 N–H and O–H groups in total. The minimum absolute atomic E-state index is 0.239. The Kier molecular flexibility index (Phi) is 3.57. The lowest BCUT2D eigenvalue weighted by Crippen LogP contribution is -2.18. The predicted octanol–water partition coefficient (Wildman–Crippen LogP) is 2.64. The van der Waals surface area contributed by atoms with Gasteiger partial charge < -0.3 is 9.84 Å². The average molecular weight is 220 g/mol. The number of hydrogen-bond donors (Lipinski definition) is 1. The molecule has 0 atom stereocenters. The van der Waals surface area contributed by atoms with E-state index < -0.39 is 6.36 Å². The molecule has 0 radical (unpaired) electrons. The number of hydrogen-bond acceptors (Lipinski definition) is 2.